The van der Waals surface area contributed by atoms with Crippen molar-refractivity contribution in [2.45, 2.75) is 31.9 Å². The maximum Gasteiger partial charge on any atom is 0.0936 e. The molecule has 88 valence electrons. The number of β-amino-alcohol motifs (C(OH)–C–C–N with tert-alkyl or cyclic N) is 1. The van der Waals surface area contributed by atoms with Gasteiger partial charge in [-0.15, -0.1) is 0 Å². The van der Waals surface area contributed by atoms with E-state index >= 15 is 0 Å². The van der Waals surface area contributed by atoms with Crippen molar-refractivity contribution in [2.75, 3.05) is 18.8 Å². The highest BCUT2D eigenvalue weighted by molar-refractivity contribution is 5.47. The zero-order chi connectivity index (χ0) is 11.5. The van der Waals surface area contributed by atoms with Crippen LogP contribution in [0.15, 0.2) is 24.3 Å². The lowest BCUT2D eigenvalue weighted by molar-refractivity contribution is 0.110. The second-order valence-electron chi connectivity index (χ2n) is 4.63. The maximum absolute atomic E-state index is 10.2. The largest absolute Gasteiger partial charge is 0.398 e. The highest BCUT2D eigenvalue weighted by Crippen LogP contribution is 2.24. The second kappa shape index (κ2) is 4.85. The van der Waals surface area contributed by atoms with Gasteiger partial charge in [0.25, 0.3) is 0 Å². The summed E-state index contributed by atoms with van der Waals surface area (Å²) in [6.45, 7) is 3.99. The number of aliphatic hydroxyl groups is 1. The van der Waals surface area contributed by atoms with E-state index in [1.165, 1.54) is 12.8 Å². The van der Waals surface area contributed by atoms with Crippen LogP contribution in [0.5, 0.6) is 0 Å². The van der Waals surface area contributed by atoms with E-state index in [4.69, 9.17) is 5.73 Å². The van der Waals surface area contributed by atoms with Crippen molar-refractivity contribution < 1.29 is 5.11 Å². The lowest BCUT2D eigenvalue weighted by atomic mass is 10.1. The van der Waals surface area contributed by atoms with Gasteiger partial charge in [-0.1, -0.05) is 18.2 Å². The van der Waals surface area contributed by atoms with Crippen LogP contribution in [0.2, 0.25) is 0 Å². The van der Waals surface area contributed by atoms with Gasteiger partial charge in [0.2, 0.25) is 0 Å². The normalized spacial score (nSPS) is 23.5. The Kier molecular flexibility index (Phi) is 3.46. The van der Waals surface area contributed by atoms with E-state index in [9.17, 15) is 5.11 Å². The third-order valence-corrected chi connectivity index (χ3v) is 3.45. The van der Waals surface area contributed by atoms with Crippen LogP contribution in [0.4, 0.5) is 5.69 Å². The van der Waals surface area contributed by atoms with Gasteiger partial charge >= 0.3 is 0 Å². The number of aliphatic hydroxyl groups excluding tert-OH is 1. The summed E-state index contributed by atoms with van der Waals surface area (Å²) in [5.41, 5.74) is 7.38. The van der Waals surface area contributed by atoms with E-state index in [-0.39, 0.29) is 0 Å². The van der Waals surface area contributed by atoms with Crippen LogP contribution in [0.1, 0.15) is 31.4 Å². The third kappa shape index (κ3) is 2.36. The minimum absolute atomic E-state index is 0.471. The summed E-state index contributed by atoms with van der Waals surface area (Å²) < 4.78 is 0. The number of anilines is 1. The zero-order valence-corrected chi connectivity index (χ0v) is 9.76. The number of hydrogen-bond acceptors (Lipinski definition) is 3. The van der Waals surface area contributed by atoms with Crippen LogP contribution < -0.4 is 5.73 Å². The predicted octanol–water partition coefficient (Wildman–Crippen LogP) is 1.79. The number of rotatable bonds is 3. The molecule has 3 nitrogen and oxygen atoms in total. The van der Waals surface area contributed by atoms with Crippen molar-refractivity contribution >= 4 is 5.69 Å². The fourth-order valence-electron chi connectivity index (χ4n) is 2.40. The lowest BCUT2D eigenvalue weighted by Gasteiger charge is -2.24. The van der Waals surface area contributed by atoms with Crippen molar-refractivity contribution in [2.24, 2.45) is 0 Å². The first kappa shape index (κ1) is 11.4. The number of nitrogen functional groups attached to an aromatic ring is 1. The van der Waals surface area contributed by atoms with Gasteiger partial charge in [-0.25, -0.2) is 0 Å². The number of nitrogens with two attached hydrogens (primary N) is 1. The molecule has 0 aromatic heterocycles. The quantitative estimate of drug-likeness (QED) is 0.763. The van der Waals surface area contributed by atoms with Gasteiger partial charge in [-0.3, -0.25) is 4.90 Å². The summed E-state index contributed by atoms with van der Waals surface area (Å²) in [6, 6.07) is 8.14. The van der Waals surface area contributed by atoms with E-state index in [1.54, 1.807) is 0 Å². The molecular weight excluding hydrogens is 200 g/mol. The second-order valence-corrected chi connectivity index (χ2v) is 4.63. The van der Waals surface area contributed by atoms with Crippen LogP contribution in [-0.2, 0) is 0 Å². The molecule has 0 amide bonds. The summed E-state index contributed by atoms with van der Waals surface area (Å²) in [6.07, 6.45) is 2.00. The molecular formula is C13H20N2O. The molecule has 16 heavy (non-hydrogen) atoms. The van der Waals surface area contributed by atoms with Gasteiger partial charge in [0.1, 0.15) is 0 Å². The van der Waals surface area contributed by atoms with Crippen molar-refractivity contribution in [3.05, 3.63) is 29.8 Å². The Morgan fingerprint density at radius 3 is 2.88 bits per heavy atom. The van der Waals surface area contributed by atoms with Gasteiger partial charge in [0, 0.05) is 23.8 Å². The van der Waals surface area contributed by atoms with Gasteiger partial charge in [0.05, 0.1) is 6.10 Å². The third-order valence-electron chi connectivity index (χ3n) is 3.45. The number of nitrogens with zero attached hydrogens (tertiary/aromatic N) is 1. The highest BCUT2D eigenvalue weighted by Gasteiger charge is 2.23. The Labute approximate surface area is 96.9 Å². The van der Waals surface area contributed by atoms with Crippen molar-refractivity contribution in [1.82, 2.24) is 4.90 Å². The first-order chi connectivity index (χ1) is 7.68. The molecule has 1 aliphatic heterocycles. The molecule has 2 unspecified atom stereocenters. The summed E-state index contributed by atoms with van der Waals surface area (Å²) in [4.78, 5) is 2.33. The molecule has 1 aromatic carbocycles. The lowest BCUT2D eigenvalue weighted by Crippen LogP contribution is -2.31. The van der Waals surface area contributed by atoms with Gasteiger partial charge < -0.3 is 10.8 Å². The van der Waals surface area contributed by atoms with Crippen molar-refractivity contribution in [1.29, 1.82) is 0 Å². The van der Waals surface area contributed by atoms with Gasteiger partial charge in [-0.05, 0) is 32.4 Å². The van der Waals surface area contributed by atoms with Crippen LogP contribution in [0.3, 0.4) is 0 Å². The molecule has 2 atom stereocenters. The Morgan fingerprint density at radius 2 is 2.25 bits per heavy atom. The maximum atomic E-state index is 10.2. The molecule has 0 radical (unpaired) electrons. The van der Waals surface area contributed by atoms with E-state index < -0.39 is 6.10 Å². The standard InChI is InChI=1S/C13H20N2O/c1-10-5-4-8-15(10)9-13(16)11-6-2-3-7-12(11)14/h2-3,6-7,10,13,16H,4-5,8-9,14H2,1H3. The average Bonchev–Trinajstić information content (AvgIpc) is 2.65. The Hall–Kier alpha value is -1.06. The Bertz CT molecular complexity index is 354. The highest BCUT2D eigenvalue weighted by atomic mass is 16.3. The fraction of sp³-hybridized carbons (Fsp3) is 0.538. The summed E-state index contributed by atoms with van der Waals surface area (Å²) in [5.74, 6) is 0. The van der Waals surface area contributed by atoms with Crippen LogP contribution >= 0.6 is 0 Å². The Morgan fingerprint density at radius 1 is 1.50 bits per heavy atom. The van der Waals surface area contributed by atoms with Crippen molar-refractivity contribution in [3.63, 3.8) is 0 Å². The summed E-state index contributed by atoms with van der Waals surface area (Å²) in [5, 5.41) is 10.2. The summed E-state index contributed by atoms with van der Waals surface area (Å²) in [7, 11) is 0. The molecule has 0 aliphatic carbocycles. The molecule has 3 heteroatoms. The number of hydrogen-bond donors (Lipinski definition) is 2. The van der Waals surface area contributed by atoms with E-state index in [2.05, 4.69) is 11.8 Å². The summed E-state index contributed by atoms with van der Waals surface area (Å²) >= 11 is 0. The topological polar surface area (TPSA) is 49.5 Å². The van der Waals surface area contributed by atoms with E-state index in [0.717, 1.165) is 12.1 Å². The van der Waals surface area contributed by atoms with Gasteiger partial charge in [0.15, 0.2) is 0 Å². The number of likely N-dealkylation sites (tertiary alicyclic amines) is 1. The SMILES string of the molecule is CC1CCCN1CC(O)c1ccccc1N. The van der Waals surface area contributed by atoms with E-state index in [1.807, 2.05) is 24.3 Å². The molecule has 1 aromatic rings. The van der Waals surface area contributed by atoms with Crippen molar-refractivity contribution in [3.8, 4) is 0 Å². The smallest absolute Gasteiger partial charge is 0.0936 e. The molecule has 1 aliphatic rings. The van der Waals surface area contributed by atoms with Crippen LogP contribution in [0, 0.1) is 0 Å². The molecule has 1 saturated heterocycles. The fourth-order valence-corrected chi connectivity index (χ4v) is 2.40. The molecule has 1 fully saturated rings. The minimum atomic E-state index is -0.471. The molecule has 2 rings (SSSR count). The van der Waals surface area contributed by atoms with Crippen LogP contribution in [-0.4, -0.2) is 29.1 Å². The predicted molar refractivity (Wildman–Crippen MR) is 66.1 cm³/mol. The average molecular weight is 220 g/mol. The molecule has 1 heterocycles. The molecule has 0 bridgehead atoms. The number of para-hydroxylation sites is 1. The van der Waals surface area contributed by atoms with Crippen LogP contribution in [0.25, 0.3) is 0 Å². The molecule has 3 N–H and O–H groups in total. The molecule has 0 spiro atoms. The van der Waals surface area contributed by atoms with E-state index in [0.29, 0.717) is 18.3 Å². The monoisotopic (exact) mass is 220 g/mol. The van der Waals surface area contributed by atoms with Gasteiger partial charge in [-0.2, -0.15) is 0 Å². The number of benzene rings is 1. The zero-order valence-electron chi connectivity index (χ0n) is 9.76. The minimum Gasteiger partial charge on any atom is -0.398 e. The first-order valence-corrected chi connectivity index (χ1v) is 5.95. The molecule has 0 saturated carbocycles. The Balaban J connectivity index is 2.03. The first-order valence-electron chi connectivity index (χ1n) is 5.95.